The van der Waals surface area contributed by atoms with E-state index < -0.39 is 34.9 Å². The van der Waals surface area contributed by atoms with Crippen LogP contribution in [0.3, 0.4) is 0 Å². The van der Waals surface area contributed by atoms with E-state index in [9.17, 15) is 31.4 Å². The van der Waals surface area contributed by atoms with Crippen LogP contribution < -0.4 is 0 Å². The van der Waals surface area contributed by atoms with Crippen molar-refractivity contribution >= 4 is 0 Å². The summed E-state index contributed by atoms with van der Waals surface area (Å²) in [5.41, 5.74) is -3.79. The molecule has 8 heteroatoms. The first-order chi connectivity index (χ1) is 9.10. The van der Waals surface area contributed by atoms with E-state index in [1.54, 1.807) is 0 Å². The zero-order chi connectivity index (χ0) is 15.1. The number of halogens is 6. The first-order valence-electron chi connectivity index (χ1n) is 5.25. The number of nitrogens with zero attached hydrogens (tertiary/aromatic N) is 1. The van der Waals surface area contributed by atoms with Crippen LogP contribution in [0.15, 0.2) is 36.7 Å². The van der Waals surface area contributed by atoms with Gasteiger partial charge in [0.15, 0.2) is 5.75 Å². The number of hydrogen-bond acceptors (Lipinski definition) is 1. The second kappa shape index (κ2) is 4.46. The van der Waals surface area contributed by atoms with E-state index in [0.29, 0.717) is 6.07 Å². The van der Waals surface area contributed by atoms with Gasteiger partial charge in [0.1, 0.15) is 0 Å². The molecule has 2 nitrogen and oxygen atoms in total. The SMILES string of the molecule is Oc1c(-n2cccc2)cc(C(F)(F)F)cc1C(F)(F)F. The average molecular weight is 295 g/mol. The van der Waals surface area contributed by atoms with Gasteiger partial charge in [-0.3, -0.25) is 0 Å². The standard InChI is InChI=1S/C12H7F6NO/c13-11(14,15)7-5-8(12(16,17)18)10(20)9(6-7)19-3-1-2-4-19/h1-6,20H. The molecule has 0 atom stereocenters. The number of phenolic OH excluding ortho intramolecular Hbond substituents is 1. The molecule has 1 aromatic heterocycles. The Bertz CT molecular complexity index is 612. The summed E-state index contributed by atoms with van der Waals surface area (Å²) in [6, 6.07) is 3.17. The van der Waals surface area contributed by atoms with Gasteiger partial charge in [-0.25, -0.2) is 0 Å². The quantitative estimate of drug-likeness (QED) is 0.783. The second-order valence-electron chi connectivity index (χ2n) is 3.98. The van der Waals surface area contributed by atoms with Gasteiger partial charge in [-0.05, 0) is 24.3 Å². The topological polar surface area (TPSA) is 25.2 Å². The molecule has 0 aliphatic heterocycles. The lowest BCUT2D eigenvalue weighted by Gasteiger charge is -2.17. The Hall–Kier alpha value is -2.12. The van der Waals surface area contributed by atoms with Crippen LogP contribution in [0, 0.1) is 0 Å². The molecule has 0 aliphatic rings. The van der Waals surface area contributed by atoms with Crippen molar-refractivity contribution in [3.05, 3.63) is 47.8 Å². The van der Waals surface area contributed by atoms with Crippen LogP contribution >= 0.6 is 0 Å². The van der Waals surface area contributed by atoms with Crippen molar-refractivity contribution < 1.29 is 31.4 Å². The fourth-order valence-corrected chi connectivity index (χ4v) is 1.69. The molecule has 0 spiro atoms. The summed E-state index contributed by atoms with van der Waals surface area (Å²) in [6.07, 6.45) is -7.58. The monoisotopic (exact) mass is 295 g/mol. The molecule has 0 aliphatic carbocycles. The summed E-state index contributed by atoms with van der Waals surface area (Å²) in [5, 5.41) is 9.58. The zero-order valence-electron chi connectivity index (χ0n) is 9.63. The molecular weight excluding hydrogens is 288 g/mol. The van der Waals surface area contributed by atoms with Crippen molar-refractivity contribution in [1.29, 1.82) is 0 Å². The Morgan fingerprint density at radius 2 is 1.40 bits per heavy atom. The lowest BCUT2D eigenvalue weighted by molar-refractivity contribution is -0.143. The smallest absolute Gasteiger partial charge is 0.420 e. The number of aromatic nitrogens is 1. The van der Waals surface area contributed by atoms with Gasteiger partial charge in [-0.15, -0.1) is 0 Å². The van der Waals surface area contributed by atoms with Crippen molar-refractivity contribution in [2.24, 2.45) is 0 Å². The third-order valence-corrected chi connectivity index (χ3v) is 2.61. The summed E-state index contributed by atoms with van der Waals surface area (Å²) in [7, 11) is 0. The molecule has 2 rings (SSSR count). The Balaban J connectivity index is 2.75. The third kappa shape index (κ3) is 2.59. The molecule has 0 saturated carbocycles. The molecule has 0 bridgehead atoms. The van der Waals surface area contributed by atoms with Crippen LogP contribution in [-0.4, -0.2) is 9.67 Å². The highest BCUT2D eigenvalue weighted by Crippen LogP contribution is 2.43. The van der Waals surface area contributed by atoms with E-state index >= 15 is 0 Å². The number of phenols is 1. The van der Waals surface area contributed by atoms with Crippen LogP contribution in [-0.2, 0) is 12.4 Å². The Labute approximate surface area is 108 Å². The van der Waals surface area contributed by atoms with E-state index in [0.717, 1.165) is 4.57 Å². The first-order valence-corrected chi connectivity index (χ1v) is 5.25. The van der Waals surface area contributed by atoms with Gasteiger partial charge >= 0.3 is 12.4 Å². The largest absolute Gasteiger partial charge is 0.505 e. The molecular formula is C12H7F6NO. The van der Waals surface area contributed by atoms with Crippen LogP contribution in [0.4, 0.5) is 26.3 Å². The fourth-order valence-electron chi connectivity index (χ4n) is 1.69. The molecule has 0 saturated heterocycles. The van der Waals surface area contributed by atoms with Crippen LogP contribution in [0.5, 0.6) is 5.75 Å². The van der Waals surface area contributed by atoms with Crippen molar-refractivity contribution in [2.45, 2.75) is 12.4 Å². The highest BCUT2D eigenvalue weighted by Gasteiger charge is 2.40. The Morgan fingerprint density at radius 3 is 1.85 bits per heavy atom. The minimum absolute atomic E-state index is 0.109. The summed E-state index contributed by atoms with van der Waals surface area (Å²) < 4.78 is 77.0. The van der Waals surface area contributed by atoms with Gasteiger partial charge < -0.3 is 9.67 Å². The maximum atomic E-state index is 12.7. The zero-order valence-corrected chi connectivity index (χ0v) is 9.63. The van der Waals surface area contributed by atoms with E-state index in [-0.39, 0.29) is 6.07 Å². The van der Waals surface area contributed by atoms with Gasteiger partial charge in [-0.2, -0.15) is 26.3 Å². The van der Waals surface area contributed by atoms with Gasteiger partial charge in [0.05, 0.1) is 16.8 Å². The molecule has 1 N–H and O–H groups in total. The number of rotatable bonds is 1. The summed E-state index contributed by atoms with van der Waals surface area (Å²) in [4.78, 5) is 0. The van der Waals surface area contributed by atoms with Gasteiger partial charge in [0.25, 0.3) is 0 Å². The van der Waals surface area contributed by atoms with Crippen LogP contribution in [0.2, 0.25) is 0 Å². The highest BCUT2D eigenvalue weighted by atomic mass is 19.4. The summed E-state index contributed by atoms with van der Waals surface area (Å²) in [5.74, 6) is -1.25. The predicted molar refractivity (Wildman–Crippen MR) is 57.4 cm³/mol. The number of benzene rings is 1. The van der Waals surface area contributed by atoms with Crippen molar-refractivity contribution in [3.63, 3.8) is 0 Å². The lowest BCUT2D eigenvalue weighted by Crippen LogP contribution is -2.12. The summed E-state index contributed by atoms with van der Waals surface area (Å²) >= 11 is 0. The fraction of sp³-hybridized carbons (Fsp3) is 0.167. The molecule has 108 valence electrons. The van der Waals surface area contributed by atoms with Crippen molar-refractivity contribution in [3.8, 4) is 11.4 Å². The van der Waals surface area contributed by atoms with Crippen molar-refractivity contribution in [2.75, 3.05) is 0 Å². The predicted octanol–water partition coefficient (Wildman–Crippen LogP) is 4.22. The molecule has 1 heterocycles. The number of hydrogen-bond donors (Lipinski definition) is 1. The Kier molecular flexibility index (Phi) is 3.19. The molecule has 2 aromatic rings. The maximum Gasteiger partial charge on any atom is 0.420 e. The Morgan fingerprint density at radius 1 is 0.850 bits per heavy atom. The minimum Gasteiger partial charge on any atom is -0.505 e. The van der Waals surface area contributed by atoms with E-state index in [1.165, 1.54) is 24.5 Å². The van der Waals surface area contributed by atoms with Crippen LogP contribution in [0.25, 0.3) is 5.69 Å². The molecule has 0 amide bonds. The molecule has 20 heavy (non-hydrogen) atoms. The van der Waals surface area contributed by atoms with Crippen LogP contribution in [0.1, 0.15) is 11.1 Å². The number of aromatic hydroxyl groups is 1. The molecule has 0 fully saturated rings. The highest BCUT2D eigenvalue weighted by molar-refractivity contribution is 5.55. The van der Waals surface area contributed by atoms with Crippen molar-refractivity contribution in [1.82, 2.24) is 4.57 Å². The van der Waals surface area contributed by atoms with Gasteiger partial charge in [0.2, 0.25) is 0 Å². The first kappa shape index (κ1) is 14.3. The average Bonchev–Trinajstić information content (AvgIpc) is 2.79. The molecule has 0 radical (unpaired) electrons. The van der Waals surface area contributed by atoms with E-state index in [4.69, 9.17) is 0 Å². The van der Waals surface area contributed by atoms with Gasteiger partial charge in [0, 0.05) is 12.4 Å². The normalized spacial score (nSPS) is 12.7. The van der Waals surface area contributed by atoms with E-state index in [1.807, 2.05) is 0 Å². The maximum absolute atomic E-state index is 12.7. The van der Waals surface area contributed by atoms with E-state index in [2.05, 4.69) is 0 Å². The third-order valence-electron chi connectivity index (χ3n) is 2.61. The lowest BCUT2D eigenvalue weighted by atomic mass is 10.1. The minimum atomic E-state index is -5.09. The second-order valence-corrected chi connectivity index (χ2v) is 3.98. The molecule has 1 aromatic carbocycles. The number of alkyl halides is 6. The van der Waals surface area contributed by atoms with Gasteiger partial charge in [-0.1, -0.05) is 0 Å². The molecule has 0 unspecified atom stereocenters. The summed E-state index contributed by atoms with van der Waals surface area (Å²) in [6.45, 7) is 0.